The predicted octanol–water partition coefficient (Wildman–Crippen LogP) is 3.95. The quantitative estimate of drug-likeness (QED) is 0.745. The van der Waals surface area contributed by atoms with Crippen molar-refractivity contribution in [3.05, 3.63) is 72.3 Å². The largest absolute Gasteiger partial charge is 0.366 e. The average molecular weight is 319 g/mol. The van der Waals surface area contributed by atoms with Gasteiger partial charge in [-0.15, -0.1) is 0 Å². The average Bonchev–Trinajstić information content (AvgIpc) is 2.62. The molecule has 0 fully saturated rings. The zero-order valence-electron chi connectivity index (χ0n) is 14.0. The number of anilines is 3. The van der Waals surface area contributed by atoms with Crippen LogP contribution in [0, 0.1) is 6.92 Å². The molecule has 1 aromatic carbocycles. The van der Waals surface area contributed by atoms with Crippen LogP contribution in [-0.4, -0.2) is 21.5 Å². The lowest BCUT2D eigenvalue weighted by atomic mass is 10.2. The Morgan fingerprint density at radius 3 is 2.46 bits per heavy atom. The van der Waals surface area contributed by atoms with Gasteiger partial charge in [0, 0.05) is 37.2 Å². The van der Waals surface area contributed by atoms with Crippen molar-refractivity contribution in [1.82, 2.24) is 15.0 Å². The molecule has 0 bridgehead atoms. The molecule has 2 aromatic heterocycles. The Bertz CT molecular complexity index is 774. The molecular formula is C19H21N5. The van der Waals surface area contributed by atoms with Crippen LogP contribution in [0.1, 0.15) is 18.3 Å². The summed E-state index contributed by atoms with van der Waals surface area (Å²) in [6.45, 7) is 5.58. The van der Waals surface area contributed by atoms with E-state index >= 15 is 0 Å². The molecule has 2 heterocycles. The van der Waals surface area contributed by atoms with Crippen molar-refractivity contribution in [3.63, 3.8) is 0 Å². The van der Waals surface area contributed by atoms with Crippen molar-refractivity contribution in [3.8, 4) is 0 Å². The summed E-state index contributed by atoms with van der Waals surface area (Å²) >= 11 is 0. The Balaban J connectivity index is 1.83. The topological polar surface area (TPSA) is 53.9 Å². The van der Waals surface area contributed by atoms with Crippen LogP contribution in [0.3, 0.4) is 0 Å². The van der Waals surface area contributed by atoms with E-state index in [9.17, 15) is 0 Å². The van der Waals surface area contributed by atoms with Gasteiger partial charge in [0.2, 0.25) is 0 Å². The molecule has 0 spiro atoms. The van der Waals surface area contributed by atoms with Gasteiger partial charge >= 0.3 is 0 Å². The van der Waals surface area contributed by atoms with Crippen LogP contribution >= 0.6 is 0 Å². The molecule has 0 aliphatic rings. The summed E-state index contributed by atoms with van der Waals surface area (Å²) in [7, 11) is 0. The Morgan fingerprint density at radius 1 is 1.00 bits per heavy atom. The Labute approximate surface area is 142 Å². The van der Waals surface area contributed by atoms with Crippen LogP contribution in [0.2, 0.25) is 0 Å². The summed E-state index contributed by atoms with van der Waals surface area (Å²) in [5.41, 5.74) is 2.29. The highest BCUT2D eigenvalue weighted by atomic mass is 15.2. The zero-order chi connectivity index (χ0) is 16.8. The molecule has 5 heteroatoms. The summed E-state index contributed by atoms with van der Waals surface area (Å²) in [5.74, 6) is 2.47. The number of nitrogens with zero attached hydrogens (tertiary/aromatic N) is 4. The van der Waals surface area contributed by atoms with Gasteiger partial charge in [-0.3, -0.25) is 4.98 Å². The van der Waals surface area contributed by atoms with E-state index in [2.05, 4.69) is 44.2 Å². The van der Waals surface area contributed by atoms with E-state index < -0.39 is 0 Å². The third kappa shape index (κ3) is 3.87. The minimum atomic E-state index is 0.704. The van der Waals surface area contributed by atoms with Crippen LogP contribution in [-0.2, 0) is 6.54 Å². The minimum Gasteiger partial charge on any atom is -0.366 e. The van der Waals surface area contributed by atoms with E-state index in [0.717, 1.165) is 29.7 Å². The lowest BCUT2D eigenvalue weighted by Crippen LogP contribution is -2.18. The monoisotopic (exact) mass is 319 g/mol. The van der Waals surface area contributed by atoms with Gasteiger partial charge in [-0.2, -0.15) is 0 Å². The summed E-state index contributed by atoms with van der Waals surface area (Å²) < 4.78 is 0. The second kappa shape index (κ2) is 7.55. The van der Waals surface area contributed by atoms with Crippen LogP contribution in [0.15, 0.2) is 60.9 Å². The van der Waals surface area contributed by atoms with Gasteiger partial charge in [0.25, 0.3) is 0 Å². The van der Waals surface area contributed by atoms with Crippen molar-refractivity contribution in [2.45, 2.75) is 20.4 Å². The van der Waals surface area contributed by atoms with Gasteiger partial charge < -0.3 is 10.2 Å². The van der Waals surface area contributed by atoms with E-state index in [1.165, 1.54) is 5.56 Å². The first-order valence-corrected chi connectivity index (χ1v) is 8.07. The van der Waals surface area contributed by atoms with Gasteiger partial charge in [0.15, 0.2) is 0 Å². The number of benzene rings is 1. The summed E-state index contributed by atoms with van der Waals surface area (Å²) in [5, 5.41) is 3.37. The standard InChI is InChI=1S/C19H21N5/c1-3-24(17-7-5-4-6-8-17)19-13-18(22-15(2)23-19)21-14-16-9-11-20-12-10-16/h4-13H,3,14H2,1-2H3,(H,21,22,23). The van der Waals surface area contributed by atoms with Crippen molar-refractivity contribution in [1.29, 1.82) is 0 Å². The molecule has 0 aliphatic heterocycles. The fourth-order valence-corrected chi connectivity index (χ4v) is 2.56. The molecule has 0 atom stereocenters. The molecule has 0 saturated carbocycles. The first-order valence-electron chi connectivity index (χ1n) is 8.07. The van der Waals surface area contributed by atoms with Gasteiger partial charge in [0.1, 0.15) is 17.5 Å². The van der Waals surface area contributed by atoms with Crippen molar-refractivity contribution < 1.29 is 0 Å². The highest BCUT2D eigenvalue weighted by molar-refractivity contribution is 5.62. The maximum Gasteiger partial charge on any atom is 0.138 e. The Kier molecular flexibility index (Phi) is 5.01. The number of aryl methyl sites for hydroxylation is 1. The molecule has 0 radical (unpaired) electrons. The molecular weight excluding hydrogens is 298 g/mol. The van der Waals surface area contributed by atoms with Gasteiger partial charge in [-0.05, 0) is 43.7 Å². The number of hydrogen-bond acceptors (Lipinski definition) is 5. The molecule has 24 heavy (non-hydrogen) atoms. The fraction of sp³-hybridized carbons (Fsp3) is 0.211. The molecule has 3 rings (SSSR count). The van der Waals surface area contributed by atoms with Crippen LogP contribution < -0.4 is 10.2 Å². The summed E-state index contributed by atoms with van der Waals surface area (Å²) in [6, 6.07) is 16.2. The molecule has 0 saturated heterocycles. The first kappa shape index (κ1) is 15.9. The number of para-hydroxylation sites is 1. The van der Waals surface area contributed by atoms with E-state index in [0.29, 0.717) is 6.54 Å². The van der Waals surface area contributed by atoms with Crippen LogP contribution in [0.25, 0.3) is 0 Å². The maximum atomic E-state index is 4.60. The molecule has 0 aliphatic carbocycles. The number of hydrogen-bond donors (Lipinski definition) is 1. The van der Waals surface area contributed by atoms with E-state index in [4.69, 9.17) is 0 Å². The minimum absolute atomic E-state index is 0.704. The molecule has 122 valence electrons. The second-order valence-electron chi connectivity index (χ2n) is 5.45. The number of nitrogens with one attached hydrogen (secondary N) is 1. The van der Waals surface area contributed by atoms with Crippen molar-refractivity contribution in [2.24, 2.45) is 0 Å². The zero-order valence-corrected chi connectivity index (χ0v) is 14.0. The Hall–Kier alpha value is -2.95. The molecule has 3 aromatic rings. The third-order valence-corrected chi connectivity index (χ3v) is 3.71. The molecule has 0 unspecified atom stereocenters. The lowest BCUT2D eigenvalue weighted by molar-refractivity contribution is 0.945. The van der Waals surface area contributed by atoms with Crippen LogP contribution in [0.5, 0.6) is 0 Å². The molecule has 5 nitrogen and oxygen atoms in total. The SMILES string of the molecule is CCN(c1ccccc1)c1cc(NCc2ccncc2)nc(C)n1. The molecule has 1 N–H and O–H groups in total. The Morgan fingerprint density at radius 2 is 1.75 bits per heavy atom. The first-order chi connectivity index (χ1) is 11.8. The van der Waals surface area contributed by atoms with Gasteiger partial charge in [-0.1, -0.05) is 18.2 Å². The van der Waals surface area contributed by atoms with E-state index in [1.807, 2.05) is 43.3 Å². The highest BCUT2D eigenvalue weighted by Crippen LogP contribution is 2.25. The van der Waals surface area contributed by atoms with Crippen molar-refractivity contribution in [2.75, 3.05) is 16.8 Å². The maximum absolute atomic E-state index is 4.60. The van der Waals surface area contributed by atoms with Crippen LogP contribution in [0.4, 0.5) is 17.3 Å². The summed E-state index contributed by atoms with van der Waals surface area (Å²) in [6.07, 6.45) is 3.59. The fourth-order valence-electron chi connectivity index (χ4n) is 2.56. The normalized spacial score (nSPS) is 10.4. The second-order valence-corrected chi connectivity index (χ2v) is 5.45. The number of pyridine rings is 1. The van der Waals surface area contributed by atoms with E-state index in [-0.39, 0.29) is 0 Å². The predicted molar refractivity (Wildman–Crippen MR) is 97.5 cm³/mol. The van der Waals surface area contributed by atoms with Gasteiger partial charge in [-0.25, -0.2) is 9.97 Å². The third-order valence-electron chi connectivity index (χ3n) is 3.71. The van der Waals surface area contributed by atoms with Gasteiger partial charge in [0.05, 0.1) is 0 Å². The summed E-state index contributed by atoms with van der Waals surface area (Å²) in [4.78, 5) is 15.3. The number of rotatable bonds is 6. The smallest absolute Gasteiger partial charge is 0.138 e. The van der Waals surface area contributed by atoms with Crippen molar-refractivity contribution >= 4 is 17.3 Å². The van der Waals surface area contributed by atoms with E-state index in [1.54, 1.807) is 12.4 Å². The number of aromatic nitrogens is 3. The lowest BCUT2D eigenvalue weighted by Gasteiger charge is -2.23. The molecule has 0 amide bonds. The highest BCUT2D eigenvalue weighted by Gasteiger charge is 2.11.